The first-order chi connectivity index (χ1) is 8.60. The van der Waals surface area contributed by atoms with Gasteiger partial charge >= 0.3 is 5.51 Å². The number of halogens is 4. The lowest BCUT2D eigenvalue weighted by Crippen LogP contribution is -2.45. The highest BCUT2D eigenvalue weighted by atomic mass is 79.9. The molecular formula is C12H12BrF3O2S. The Bertz CT molecular complexity index is 490. The molecule has 0 aromatic heterocycles. The van der Waals surface area contributed by atoms with Crippen LogP contribution in [0.4, 0.5) is 13.2 Å². The van der Waals surface area contributed by atoms with Crippen LogP contribution in [0.15, 0.2) is 23.1 Å². The number of thioether (sulfide) groups is 1. The highest BCUT2D eigenvalue weighted by molar-refractivity contribution is 9.09. The van der Waals surface area contributed by atoms with Gasteiger partial charge in [0.2, 0.25) is 0 Å². The molecule has 0 aliphatic carbocycles. The summed E-state index contributed by atoms with van der Waals surface area (Å²) in [5.74, 6) is 0.416. The fourth-order valence-electron chi connectivity index (χ4n) is 1.93. The zero-order valence-corrected chi connectivity index (χ0v) is 12.6. The molecule has 2 rings (SSSR count). The molecule has 0 spiro atoms. The van der Waals surface area contributed by atoms with E-state index in [0.29, 0.717) is 11.3 Å². The number of hydrogen-bond acceptors (Lipinski definition) is 3. The van der Waals surface area contributed by atoms with E-state index in [1.807, 2.05) is 0 Å². The Morgan fingerprint density at radius 1 is 1.37 bits per heavy atom. The molecule has 1 aliphatic rings. The van der Waals surface area contributed by atoms with E-state index in [9.17, 15) is 18.3 Å². The van der Waals surface area contributed by atoms with Crippen molar-refractivity contribution in [3.8, 4) is 5.75 Å². The van der Waals surface area contributed by atoms with Crippen molar-refractivity contribution >= 4 is 27.7 Å². The van der Waals surface area contributed by atoms with Crippen LogP contribution in [0.25, 0.3) is 0 Å². The van der Waals surface area contributed by atoms with Crippen molar-refractivity contribution in [3.05, 3.63) is 23.8 Å². The quantitative estimate of drug-likeness (QED) is 0.601. The summed E-state index contributed by atoms with van der Waals surface area (Å²) in [6.45, 7) is 3.61. The van der Waals surface area contributed by atoms with Crippen LogP contribution < -0.4 is 4.74 Å². The summed E-state index contributed by atoms with van der Waals surface area (Å²) in [6.07, 6.45) is -0.910. The molecule has 1 aliphatic heterocycles. The van der Waals surface area contributed by atoms with E-state index in [2.05, 4.69) is 15.9 Å². The second-order valence-electron chi connectivity index (χ2n) is 4.80. The first-order valence-corrected chi connectivity index (χ1v) is 7.24. The number of rotatable bonds is 1. The maximum absolute atomic E-state index is 12.3. The van der Waals surface area contributed by atoms with Crippen molar-refractivity contribution in [2.24, 2.45) is 0 Å². The maximum Gasteiger partial charge on any atom is 0.446 e. The van der Waals surface area contributed by atoms with E-state index < -0.39 is 22.0 Å². The summed E-state index contributed by atoms with van der Waals surface area (Å²) in [6, 6.07) is 4.13. The minimum absolute atomic E-state index is 0.0355. The average molecular weight is 357 g/mol. The predicted octanol–water partition coefficient (Wildman–Crippen LogP) is 4.27. The number of benzene rings is 1. The van der Waals surface area contributed by atoms with Crippen molar-refractivity contribution < 1.29 is 23.0 Å². The molecule has 0 saturated heterocycles. The zero-order valence-electron chi connectivity index (χ0n) is 10.2. The second kappa shape index (κ2) is 4.86. The predicted molar refractivity (Wildman–Crippen MR) is 70.7 cm³/mol. The Balaban J connectivity index is 2.36. The molecule has 2 unspecified atom stereocenters. The largest absolute Gasteiger partial charge is 0.486 e. The van der Waals surface area contributed by atoms with Gasteiger partial charge in [0.25, 0.3) is 0 Å². The van der Waals surface area contributed by atoms with Crippen LogP contribution in [-0.2, 0) is 0 Å². The molecule has 0 bridgehead atoms. The Morgan fingerprint density at radius 2 is 2.00 bits per heavy atom. The van der Waals surface area contributed by atoms with Gasteiger partial charge in [-0.05, 0) is 43.8 Å². The van der Waals surface area contributed by atoms with Gasteiger partial charge in [0.05, 0.1) is 10.9 Å². The molecule has 2 atom stereocenters. The lowest BCUT2D eigenvalue weighted by molar-refractivity contribution is -0.0328. The molecule has 1 aromatic rings. The van der Waals surface area contributed by atoms with Gasteiger partial charge in [-0.3, -0.25) is 0 Å². The van der Waals surface area contributed by atoms with Gasteiger partial charge in [-0.1, -0.05) is 15.9 Å². The van der Waals surface area contributed by atoms with Gasteiger partial charge in [0.1, 0.15) is 11.4 Å². The average Bonchev–Trinajstić information content (AvgIpc) is 2.25. The number of aliphatic hydroxyl groups is 1. The van der Waals surface area contributed by atoms with Crippen LogP contribution in [0, 0.1) is 0 Å². The third-order valence-corrected chi connectivity index (χ3v) is 5.17. The molecule has 1 N–H and O–H groups in total. The first-order valence-electron chi connectivity index (χ1n) is 5.51. The van der Waals surface area contributed by atoms with E-state index >= 15 is 0 Å². The minimum Gasteiger partial charge on any atom is -0.486 e. The molecule has 106 valence electrons. The van der Waals surface area contributed by atoms with Crippen LogP contribution in [0.5, 0.6) is 5.75 Å². The zero-order chi connectivity index (χ0) is 14.4. The Hall–Kier alpha value is -0.400. The van der Waals surface area contributed by atoms with Gasteiger partial charge in [0, 0.05) is 10.5 Å². The third-order valence-electron chi connectivity index (χ3n) is 2.85. The summed E-state index contributed by atoms with van der Waals surface area (Å²) >= 11 is 3.12. The van der Waals surface area contributed by atoms with Gasteiger partial charge < -0.3 is 9.84 Å². The van der Waals surface area contributed by atoms with E-state index in [0.717, 1.165) is 0 Å². The molecule has 1 aromatic carbocycles. The van der Waals surface area contributed by atoms with Crippen molar-refractivity contribution in [3.63, 3.8) is 0 Å². The van der Waals surface area contributed by atoms with Gasteiger partial charge in [-0.2, -0.15) is 13.2 Å². The minimum atomic E-state index is -4.35. The van der Waals surface area contributed by atoms with Crippen LogP contribution in [0.3, 0.4) is 0 Å². The molecule has 0 saturated carbocycles. The molecule has 0 fully saturated rings. The number of fused-ring (bicyclic) bond motifs is 1. The molecule has 7 heteroatoms. The molecule has 0 amide bonds. The van der Waals surface area contributed by atoms with E-state index in [4.69, 9.17) is 4.74 Å². The topological polar surface area (TPSA) is 29.5 Å². The van der Waals surface area contributed by atoms with Gasteiger partial charge in [0.15, 0.2) is 0 Å². The van der Waals surface area contributed by atoms with Crippen LogP contribution in [-0.4, -0.2) is 21.0 Å². The number of ether oxygens (including phenoxy) is 1. The number of alkyl halides is 4. The van der Waals surface area contributed by atoms with Gasteiger partial charge in [-0.25, -0.2) is 0 Å². The number of hydrogen-bond donors (Lipinski definition) is 1. The first kappa shape index (κ1) is 15.0. The Morgan fingerprint density at radius 3 is 2.58 bits per heavy atom. The smallest absolute Gasteiger partial charge is 0.446 e. The summed E-state index contributed by atoms with van der Waals surface area (Å²) in [4.78, 5) is -0.355. The lowest BCUT2D eigenvalue weighted by Gasteiger charge is -2.40. The fourth-order valence-corrected chi connectivity index (χ4v) is 2.89. The molecular weight excluding hydrogens is 345 g/mol. The summed E-state index contributed by atoms with van der Waals surface area (Å²) < 4.78 is 42.7. The fraction of sp³-hybridized carbons (Fsp3) is 0.500. The number of aliphatic hydroxyl groups excluding tert-OH is 1. The molecule has 2 nitrogen and oxygen atoms in total. The van der Waals surface area contributed by atoms with Gasteiger partial charge in [-0.15, -0.1) is 0 Å². The van der Waals surface area contributed by atoms with Crippen molar-refractivity contribution in [2.75, 3.05) is 0 Å². The van der Waals surface area contributed by atoms with Crippen molar-refractivity contribution in [2.45, 2.75) is 40.8 Å². The van der Waals surface area contributed by atoms with Crippen LogP contribution in [0.2, 0.25) is 0 Å². The van der Waals surface area contributed by atoms with Crippen molar-refractivity contribution in [1.82, 2.24) is 0 Å². The standard InChI is InChI=1S/C12H12BrF3O2S/c1-11(2)10(13)9(17)7-5-6(19-12(14,15)16)3-4-8(7)18-11/h3-5,9-10,17H,1-2H3. The van der Waals surface area contributed by atoms with E-state index in [1.165, 1.54) is 18.2 Å². The summed E-state index contributed by atoms with van der Waals surface area (Å²) in [7, 11) is 0. The SMILES string of the molecule is CC1(C)Oc2ccc(SC(F)(F)F)cc2C(O)C1Br. The van der Waals surface area contributed by atoms with Crippen LogP contribution in [0.1, 0.15) is 25.5 Å². The molecule has 19 heavy (non-hydrogen) atoms. The molecule has 1 heterocycles. The van der Waals surface area contributed by atoms with E-state index in [-0.39, 0.29) is 16.7 Å². The Kier molecular flexibility index (Phi) is 3.83. The second-order valence-corrected chi connectivity index (χ2v) is 6.92. The third kappa shape index (κ3) is 3.20. The highest BCUT2D eigenvalue weighted by Gasteiger charge is 2.42. The summed E-state index contributed by atoms with van der Waals surface area (Å²) in [5.41, 5.74) is -4.61. The maximum atomic E-state index is 12.3. The normalized spacial score (nSPS) is 25.6. The lowest BCUT2D eigenvalue weighted by atomic mass is 9.91. The summed E-state index contributed by atoms with van der Waals surface area (Å²) in [5, 5.41) is 10.2. The molecule has 0 radical (unpaired) electrons. The highest BCUT2D eigenvalue weighted by Crippen LogP contribution is 2.46. The monoisotopic (exact) mass is 356 g/mol. The van der Waals surface area contributed by atoms with Crippen molar-refractivity contribution in [1.29, 1.82) is 0 Å². The Labute approximate surface area is 121 Å². The van der Waals surface area contributed by atoms with Crippen LogP contribution >= 0.6 is 27.7 Å². The van der Waals surface area contributed by atoms with E-state index in [1.54, 1.807) is 13.8 Å².